The van der Waals surface area contributed by atoms with E-state index >= 15 is 0 Å². The third-order valence-electron chi connectivity index (χ3n) is 6.41. The van der Waals surface area contributed by atoms with Crippen molar-refractivity contribution in [2.45, 2.75) is 57.0 Å². The van der Waals surface area contributed by atoms with Crippen LogP contribution in [0.4, 0.5) is 0 Å². The largest absolute Gasteiger partial charge is 0.396 e. The number of allylic oxidation sites excluding steroid dienone is 1. The van der Waals surface area contributed by atoms with Crippen molar-refractivity contribution in [1.82, 2.24) is 0 Å². The topological polar surface area (TPSA) is 69.9 Å². The fourth-order valence-electron chi connectivity index (χ4n) is 5.29. The Hall–Kier alpha value is -1.20. The van der Waals surface area contributed by atoms with Gasteiger partial charge in [0.05, 0.1) is 24.9 Å². The fourth-order valence-corrected chi connectivity index (χ4v) is 5.29. The minimum Gasteiger partial charge on any atom is -0.396 e. The van der Waals surface area contributed by atoms with E-state index in [4.69, 9.17) is 4.74 Å². The number of aliphatic hydroxyl groups excluding tert-OH is 3. The van der Waals surface area contributed by atoms with E-state index in [0.29, 0.717) is 19.4 Å². The lowest BCUT2D eigenvalue weighted by Gasteiger charge is -2.49. The summed E-state index contributed by atoms with van der Waals surface area (Å²) in [4.78, 5) is 0. The Bertz CT molecular complexity index is 560. The number of benzene rings is 1. The number of hydrogen-bond acceptors (Lipinski definition) is 4. The predicted octanol–water partition coefficient (Wildman–Crippen LogP) is 2.67. The molecule has 0 spiro atoms. The molecule has 6 atom stereocenters. The molecule has 0 radical (unpaired) electrons. The average Bonchev–Trinajstić information content (AvgIpc) is 2.93. The zero-order chi connectivity index (χ0) is 17.9. The second-order valence-corrected chi connectivity index (χ2v) is 7.57. The van der Waals surface area contributed by atoms with Crippen LogP contribution in [0.3, 0.4) is 0 Å². The summed E-state index contributed by atoms with van der Waals surface area (Å²) in [7, 11) is 0. The first kappa shape index (κ1) is 18.6. The molecule has 138 valence electrons. The smallest absolute Gasteiger partial charge is 0.0862 e. The van der Waals surface area contributed by atoms with Crippen LogP contribution in [0.2, 0.25) is 0 Å². The van der Waals surface area contributed by atoms with Gasteiger partial charge in [-0.1, -0.05) is 36.4 Å². The van der Waals surface area contributed by atoms with Gasteiger partial charge in [0.25, 0.3) is 0 Å². The van der Waals surface area contributed by atoms with E-state index in [1.165, 1.54) is 0 Å². The summed E-state index contributed by atoms with van der Waals surface area (Å²) in [5.74, 6) is 0.333. The molecule has 0 amide bonds. The molecule has 0 saturated heterocycles. The van der Waals surface area contributed by atoms with Gasteiger partial charge >= 0.3 is 0 Å². The highest BCUT2D eigenvalue weighted by atomic mass is 16.5. The summed E-state index contributed by atoms with van der Waals surface area (Å²) in [6, 6.07) is 10.1. The Morgan fingerprint density at radius 1 is 1.20 bits per heavy atom. The lowest BCUT2D eigenvalue weighted by atomic mass is 9.59. The van der Waals surface area contributed by atoms with Crippen LogP contribution in [0.15, 0.2) is 43.0 Å². The van der Waals surface area contributed by atoms with E-state index in [9.17, 15) is 15.3 Å². The summed E-state index contributed by atoms with van der Waals surface area (Å²) < 4.78 is 6.28. The number of aliphatic hydroxyl groups is 3. The quantitative estimate of drug-likeness (QED) is 0.664. The molecule has 1 aromatic rings. The lowest BCUT2D eigenvalue weighted by Crippen LogP contribution is -2.54. The van der Waals surface area contributed by atoms with Crippen LogP contribution < -0.4 is 0 Å². The van der Waals surface area contributed by atoms with E-state index in [2.05, 4.69) is 6.58 Å². The van der Waals surface area contributed by atoms with Gasteiger partial charge < -0.3 is 20.1 Å². The first-order valence-corrected chi connectivity index (χ1v) is 9.37. The Labute approximate surface area is 150 Å². The van der Waals surface area contributed by atoms with Crippen molar-refractivity contribution in [3.8, 4) is 0 Å². The highest BCUT2D eigenvalue weighted by molar-refractivity contribution is 5.14. The lowest BCUT2D eigenvalue weighted by molar-refractivity contribution is -0.147. The van der Waals surface area contributed by atoms with Crippen molar-refractivity contribution in [1.29, 1.82) is 0 Å². The minimum atomic E-state index is -0.811. The first-order chi connectivity index (χ1) is 12.1. The number of rotatable bonds is 7. The van der Waals surface area contributed by atoms with Gasteiger partial charge in [-0.2, -0.15) is 0 Å². The maximum Gasteiger partial charge on any atom is 0.0862 e. The van der Waals surface area contributed by atoms with Gasteiger partial charge in [-0.05, 0) is 49.5 Å². The van der Waals surface area contributed by atoms with Gasteiger partial charge in [0.2, 0.25) is 0 Å². The van der Waals surface area contributed by atoms with E-state index in [1.807, 2.05) is 36.4 Å². The Balaban J connectivity index is 1.83. The zero-order valence-electron chi connectivity index (χ0n) is 14.8. The van der Waals surface area contributed by atoms with Crippen molar-refractivity contribution < 1.29 is 20.1 Å². The van der Waals surface area contributed by atoms with E-state index in [1.54, 1.807) is 0 Å². The molecule has 4 heteroatoms. The summed E-state index contributed by atoms with van der Waals surface area (Å²) in [5.41, 5.74) is 0.647. The summed E-state index contributed by atoms with van der Waals surface area (Å²) in [6.45, 7) is 4.44. The van der Waals surface area contributed by atoms with Crippen LogP contribution in [0.1, 0.15) is 37.7 Å². The zero-order valence-corrected chi connectivity index (χ0v) is 14.8. The third kappa shape index (κ3) is 3.41. The monoisotopic (exact) mass is 346 g/mol. The van der Waals surface area contributed by atoms with Crippen LogP contribution in [0, 0.1) is 17.3 Å². The Morgan fingerprint density at radius 2 is 1.96 bits per heavy atom. The predicted molar refractivity (Wildman–Crippen MR) is 96.8 cm³/mol. The maximum atomic E-state index is 10.9. The van der Waals surface area contributed by atoms with Gasteiger partial charge in [-0.3, -0.25) is 0 Å². The molecule has 3 N–H and O–H groups in total. The highest BCUT2D eigenvalue weighted by Gasteiger charge is 2.61. The normalized spacial score (nSPS) is 37.6. The highest BCUT2D eigenvalue weighted by Crippen LogP contribution is 2.59. The molecule has 0 heterocycles. The summed E-state index contributed by atoms with van der Waals surface area (Å²) in [6.07, 6.45) is 3.93. The van der Waals surface area contributed by atoms with Gasteiger partial charge in [0.15, 0.2) is 0 Å². The average molecular weight is 346 g/mol. The molecule has 25 heavy (non-hydrogen) atoms. The standard InChI is InChI=1S/C21H30O4/c1-2-6-17-19(25-14-15-7-4-3-5-8-15)13-16-9-10-18(23)20(24)21(16,17)11-12-22/h2-5,7-8,16-20,22-24H,1,6,9-14H2/t16-,17-,18-,19+,20+,21-/m0/s1. The van der Waals surface area contributed by atoms with E-state index < -0.39 is 17.6 Å². The van der Waals surface area contributed by atoms with Crippen LogP contribution >= 0.6 is 0 Å². The maximum absolute atomic E-state index is 10.9. The fraction of sp³-hybridized carbons (Fsp3) is 0.619. The van der Waals surface area contributed by atoms with E-state index in [0.717, 1.165) is 24.8 Å². The number of ether oxygens (including phenoxy) is 1. The van der Waals surface area contributed by atoms with Crippen LogP contribution in [-0.4, -0.2) is 40.2 Å². The molecule has 0 bridgehead atoms. The number of hydrogen-bond donors (Lipinski definition) is 3. The Morgan fingerprint density at radius 3 is 2.64 bits per heavy atom. The SMILES string of the molecule is C=CC[C@H]1[C@H](OCc2ccccc2)C[C@@H]2CC[C@H](O)[C@@H](O)[C@@]21CCO. The van der Waals surface area contributed by atoms with Gasteiger partial charge in [0.1, 0.15) is 0 Å². The van der Waals surface area contributed by atoms with Crippen molar-refractivity contribution in [3.05, 3.63) is 48.6 Å². The first-order valence-electron chi connectivity index (χ1n) is 9.37. The van der Waals surface area contributed by atoms with Gasteiger partial charge in [0, 0.05) is 12.0 Å². The van der Waals surface area contributed by atoms with Crippen LogP contribution in [0.25, 0.3) is 0 Å². The van der Waals surface area contributed by atoms with Crippen LogP contribution in [-0.2, 0) is 11.3 Å². The van der Waals surface area contributed by atoms with E-state index in [-0.39, 0.29) is 24.5 Å². The molecule has 4 nitrogen and oxygen atoms in total. The molecule has 2 fully saturated rings. The molecule has 2 aliphatic rings. The van der Waals surface area contributed by atoms with Gasteiger partial charge in [-0.25, -0.2) is 0 Å². The minimum absolute atomic E-state index is 0.00899. The molecule has 3 rings (SSSR count). The second kappa shape index (κ2) is 8.00. The van der Waals surface area contributed by atoms with Crippen molar-refractivity contribution in [3.63, 3.8) is 0 Å². The van der Waals surface area contributed by atoms with Crippen molar-refractivity contribution in [2.24, 2.45) is 17.3 Å². The summed E-state index contributed by atoms with van der Waals surface area (Å²) in [5, 5.41) is 30.9. The van der Waals surface area contributed by atoms with Gasteiger partial charge in [-0.15, -0.1) is 6.58 Å². The van der Waals surface area contributed by atoms with Crippen LogP contribution in [0.5, 0.6) is 0 Å². The Kier molecular flexibility index (Phi) is 5.95. The summed E-state index contributed by atoms with van der Waals surface area (Å²) >= 11 is 0. The third-order valence-corrected chi connectivity index (χ3v) is 6.41. The molecule has 0 aromatic heterocycles. The molecule has 0 unspecified atom stereocenters. The molecular formula is C21H30O4. The molecule has 1 aromatic carbocycles. The number of fused-ring (bicyclic) bond motifs is 1. The van der Waals surface area contributed by atoms with Crippen molar-refractivity contribution in [2.75, 3.05) is 6.61 Å². The molecule has 2 aliphatic carbocycles. The molecule has 0 aliphatic heterocycles. The van der Waals surface area contributed by atoms with Crippen molar-refractivity contribution >= 4 is 0 Å². The second-order valence-electron chi connectivity index (χ2n) is 7.57. The molecular weight excluding hydrogens is 316 g/mol. The molecule has 2 saturated carbocycles.